The van der Waals surface area contributed by atoms with Gasteiger partial charge in [0.05, 0.1) is 12.3 Å². The SMILES string of the molecule is CCOCC(O)COc1ccccc1NC(=O)CCSC. The summed E-state index contributed by atoms with van der Waals surface area (Å²) < 4.78 is 10.7. The smallest absolute Gasteiger partial charge is 0.225 e. The van der Waals surface area contributed by atoms with Gasteiger partial charge in [-0.25, -0.2) is 0 Å². The molecular weight excluding hydrogens is 290 g/mol. The number of carbonyl (C=O) groups is 1. The summed E-state index contributed by atoms with van der Waals surface area (Å²) in [5.41, 5.74) is 0.618. The molecule has 0 aliphatic rings. The van der Waals surface area contributed by atoms with Crippen LogP contribution in [0.5, 0.6) is 5.75 Å². The van der Waals surface area contributed by atoms with Crippen LogP contribution in [0.4, 0.5) is 5.69 Å². The maximum Gasteiger partial charge on any atom is 0.225 e. The molecule has 2 N–H and O–H groups in total. The molecule has 0 spiro atoms. The lowest BCUT2D eigenvalue weighted by Gasteiger charge is -2.15. The Morgan fingerprint density at radius 1 is 1.38 bits per heavy atom. The van der Waals surface area contributed by atoms with E-state index in [1.165, 1.54) is 0 Å². The van der Waals surface area contributed by atoms with Gasteiger partial charge in [-0.15, -0.1) is 0 Å². The predicted molar refractivity (Wildman–Crippen MR) is 86.1 cm³/mol. The highest BCUT2D eigenvalue weighted by Crippen LogP contribution is 2.24. The van der Waals surface area contributed by atoms with E-state index < -0.39 is 6.10 Å². The zero-order valence-corrected chi connectivity index (χ0v) is 13.3. The van der Waals surface area contributed by atoms with E-state index >= 15 is 0 Å². The lowest BCUT2D eigenvalue weighted by Crippen LogP contribution is -2.24. The first-order valence-corrected chi connectivity index (χ1v) is 8.33. The third-order valence-electron chi connectivity index (χ3n) is 2.64. The summed E-state index contributed by atoms with van der Waals surface area (Å²) in [5, 5.41) is 12.5. The van der Waals surface area contributed by atoms with Crippen molar-refractivity contribution in [3.05, 3.63) is 24.3 Å². The van der Waals surface area contributed by atoms with Crippen molar-refractivity contribution < 1.29 is 19.4 Å². The highest BCUT2D eigenvalue weighted by atomic mass is 32.2. The minimum Gasteiger partial charge on any atom is -0.489 e. The minimum atomic E-state index is -0.690. The Balaban J connectivity index is 2.52. The molecule has 118 valence electrons. The largest absolute Gasteiger partial charge is 0.489 e. The van der Waals surface area contributed by atoms with Gasteiger partial charge in [0.1, 0.15) is 18.5 Å². The second-order valence-electron chi connectivity index (χ2n) is 4.41. The number of nitrogens with one attached hydrogen (secondary N) is 1. The first-order chi connectivity index (χ1) is 10.2. The van der Waals surface area contributed by atoms with Gasteiger partial charge >= 0.3 is 0 Å². The van der Waals surface area contributed by atoms with E-state index in [0.29, 0.717) is 24.5 Å². The number of aliphatic hydroxyl groups is 1. The number of anilines is 1. The molecule has 0 aliphatic carbocycles. The van der Waals surface area contributed by atoms with E-state index in [1.807, 2.05) is 25.3 Å². The third kappa shape index (κ3) is 7.36. The molecule has 1 unspecified atom stereocenters. The van der Waals surface area contributed by atoms with Crippen molar-refractivity contribution in [2.75, 3.05) is 37.1 Å². The zero-order valence-electron chi connectivity index (χ0n) is 12.5. The number of hydrogen-bond acceptors (Lipinski definition) is 5. The number of hydrogen-bond donors (Lipinski definition) is 2. The summed E-state index contributed by atoms with van der Waals surface area (Å²) >= 11 is 1.63. The van der Waals surface area contributed by atoms with Gasteiger partial charge in [-0.3, -0.25) is 4.79 Å². The van der Waals surface area contributed by atoms with Crippen molar-refractivity contribution in [2.45, 2.75) is 19.4 Å². The second kappa shape index (κ2) is 10.5. The van der Waals surface area contributed by atoms with Crippen LogP contribution in [-0.2, 0) is 9.53 Å². The lowest BCUT2D eigenvalue weighted by molar-refractivity contribution is -0.115. The number of amides is 1. The predicted octanol–water partition coefficient (Wildman–Crippen LogP) is 2.15. The fourth-order valence-electron chi connectivity index (χ4n) is 1.59. The molecule has 1 amide bonds. The number of rotatable bonds is 10. The van der Waals surface area contributed by atoms with Crippen molar-refractivity contribution in [3.8, 4) is 5.75 Å². The minimum absolute atomic E-state index is 0.0461. The van der Waals surface area contributed by atoms with Gasteiger partial charge in [-0.1, -0.05) is 12.1 Å². The number of aliphatic hydroxyl groups excluding tert-OH is 1. The maximum absolute atomic E-state index is 11.8. The summed E-state index contributed by atoms with van der Waals surface area (Å²) in [6.45, 7) is 2.78. The molecule has 21 heavy (non-hydrogen) atoms. The van der Waals surface area contributed by atoms with Crippen molar-refractivity contribution in [1.82, 2.24) is 0 Å². The van der Waals surface area contributed by atoms with E-state index in [-0.39, 0.29) is 19.1 Å². The van der Waals surface area contributed by atoms with Crippen LogP contribution < -0.4 is 10.1 Å². The normalized spacial score (nSPS) is 12.0. The molecule has 0 heterocycles. The van der Waals surface area contributed by atoms with Gasteiger partial charge in [0.15, 0.2) is 0 Å². The lowest BCUT2D eigenvalue weighted by atomic mass is 10.2. The Morgan fingerprint density at radius 3 is 2.86 bits per heavy atom. The Labute approximate surface area is 130 Å². The molecule has 6 heteroatoms. The Morgan fingerprint density at radius 2 is 2.14 bits per heavy atom. The molecule has 0 saturated heterocycles. The van der Waals surface area contributed by atoms with Crippen molar-refractivity contribution >= 4 is 23.4 Å². The number of benzene rings is 1. The van der Waals surface area contributed by atoms with Crippen LogP contribution in [0.1, 0.15) is 13.3 Å². The third-order valence-corrected chi connectivity index (χ3v) is 3.25. The van der Waals surface area contributed by atoms with Gasteiger partial charge in [0.2, 0.25) is 5.91 Å². The molecule has 5 nitrogen and oxygen atoms in total. The van der Waals surface area contributed by atoms with Crippen LogP contribution in [-0.4, -0.2) is 48.9 Å². The van der Waals surface area contributed by atoms with Gasteiger partial charge < -0.3 is 19.9 Å². The molecular formula is C15H23NO4S. The molecule has 1 aromatic carbocycles. The summed E-state index contributed by atoms with van der Waals surface area (Å²) in [4.78, 5) is 11.8. The van der Waals surface area contributed by atoms with Gasteiger partial charge in [-0.2, -0.15) is 11.8 Å². The van der Waals surface area contributed by atoms with Crippen molar-refractivity contribution in [3.63, 3.8) is 0 Å². The fraction of sp³-hybridized carbons (Fsp3) is 0.533. The Bertz CT molecular complexity index is 428. The van der Waals surface area contributed by atoms with Crippen LogP contribution in [0, 0.1) is 0 Å². The standard InChI is InChI=1S/C15H23NO4S/c1-3-19-10-12(17)11-20-14-7-5-4-6-13(14)16-15(18)8-9-21-2/h4-7,12,17H,3,8-11H2,1-2H3,(H,16,18). The van der Waals surface area contributed by atoms with Crippen molar-refractivity contribution in [1.29, 1.82) is 0 Å². The molecule has 1 rings (SSSR count). The van der Waals surface area contributed by atoms with Gasteiger partial charge in [-0.05, 0) is 25.3 Å². The summed E-state index contributed by atoms with van der Waals surface area (Å²) in [6, 6.07) is 7.19. The zero-order chi connectivity index (χ0) is 15.5. The van der Waals surface area contributed by atoms with Gasteiger partial charge in [0, 0.05) is 18.8 Å². The average Bonchev–Trinajstić information content (AvgIpc) is 2.50. The molecule has 1 atom stereocenters. The number of thioether (sulfide) groups is 1. The van der Waals surface area contributed by atoms with E-state index in [0.717, 1.165) is 5.75 Å². The number of para-hydroxylation sites is 2. The highest BCUT2D eigenvalue weighted by molar-refractivity contribution is 7.98. The highest BCUT2D eigenvalue weighted by Gasteiger charge is 2.10. The van der Waals surface area contributed by atoms with E-state index in [2.05, 4.69) is 5.32 Å². The summed E-state index contributed by atoms with van der Waals surface area (Å²) in [7, 11) is 0. The van der Waals surface area contributed by atoms with Gasteiger partial charge in [0.25, 0.3) is 0 Å². The monoisotopic (exact) mass is 313 g/mol. The summed E-state index contributed by atoms with van der Waals surface area (Å²) in [6.07, 6.45) is 1.73. The Kier molecular flexibility index (Phi) is 8.89. The molecule has 1 aromatic rings. The average molecular weight is 313 g/mol. The topological polar surface area (TPSA) is 67.8 Å². The molecule has 0 radical (unpaired) electrons. The quantitative estimate of drug-likeness (QED) is 0.693. The van der Waals surface area contributed by atoms with Crippen LogP contribution in [0.3, 0.4) is 0 Å². The van der Waals surface area contributed by atoms with Crippen molar-refractivity contribution in [2.24, 2.45) is 0 Å². The maximum atomic E-state index is 11.8. The molecule has 0 aromatic heterocycles. The molecule has 0 bridgehead atoms. The number of carbonyl (C=O) groups excluding carboxylic acids is 1. The molecule has 0 aliphatic heterocycles. The van der Waals surface area contributed by atoms with Crippen LogP contribution >= 0.6 is 11.8 Å². The van der Waals surface area contributed by atoms with E-state index in [1.54, 1.807) is 23.9 Å². The fourth-order valence-corrected chi connectivity index (χ4v) is 1.98. The molecule has 0 saturated carbocycles. The first-order valence-electron chi connectivity index (χ1n) is 6.93. The van der Waals surface area contributed by atoms with E-state index in [4.69, 9.17) is 9.47 Å². The van der Waals surface area contributed by atoms with Crippen LogP contribution in [0.25, 0.3) is 0 Å². The first kappa shape index (κ1) is 17.8. The summed E-state index contributed by atoms with van der Waals surface area (Å²) in [5.74, 6) is 1.28. The van der Waals surface area contributed by atoms with Crippen LogP contribution in [0.2, 0.25) is 0 Å². The number of ether oxygens (including phenoxy) is 2. The second-order valence-corrected chi connectivity index (χ2v) is 5.40. The van der Waals surface area contributed by atoms with E-state index in [9.17, 15) is 9.90 Å². The molecule has 0 fully saturated rings. The Hall–Kier alpha value is -1.24. The van der Waals surface area contributed by atoms with Crippen LogP contribution in [0.15, 0.2) is 24.3 Å².